The first-order chi connectivity index (χ1) is 18.0. The Bertz CT molecular complexity index is 1700. The van der Waals surface area contributed by atoms with Gasteiger partial charge in [0.25, 0.3) is 5.56 Å². The summed E-state index contributed by atoms with van der Waals surface area (Å²) in [6, 6.07) is 15.1. The molecule has 2 aromatic carbocycles. The summed E-state index contributed by atoms with van der Waals surface area (Å²) in [5.74, 6) is 1.49. The lowest BCUT2D eigenvalue weighted by molar-refractivity contribution is 0.404. The molecule has 0 aliphatic heterocycles. The van der Waals surface area contributed by atoms with Crippen molar-refractivity contribution in [2.75, 3.05) is 26.1 Å². The summed E-state index contributed by atoms with van der Waals surface area (Å²) >= 11 is 0. The van der Waals surface area contributed by atoms with Crippen LogP contribution in [-0.4, -0.2) is 40.5 Å². The van der Waals surface area contributed by atoms with Crippen molar-refractivity contribution in [1.29, 1.82) is 5.26 Å². The number of anilines is 1. The minimum Gasteiger partial charge on any atom is -0.496 e. The molecule has 5 aromatic rings. The Labute approximate surface area is 209 Å². The van der Waals surface area contributed by atoms with Crippen molar-refractivity contribution < 1.29 is 18.4 Å². The van der Waals surface area contributed by atoms with E-state index in [2.05, 4.69) is 26.5 Å². The van der Waals surface area contributed by atoms with Crippen LogP contribution in [0.4, 0.5) is 10.2 Å². The minimum atomic E-state index is -0.432. The quantitative estimate of drug-likeness (QED) is 0.324. The molecule has 11 heteroatoms. The lowest BCUT2D eigenvalue weighted by Crippen LogP contribution is -2.13. The van der Waals surface area contributed by atoms with Crippen molar-refractivity contribution in [2.45, 2.75) is 6.54 Å². The van der Waals surface area contributed by atoms with Crippen molar-refractivity contribution in [3.05, 3.63) is 76.7 Å². The second-order valence-electron chi connectivity index (χ2n) is 8.01. The second kappa shape index (κ2) is 9.87. The number of nitrogens with one attached hydrogen (secondary N) is 2. The number of halogens is 1. The molecule has 10 nitrogen and oxygen atoms in total. The van der Waals surface area contributed by atoms with Gasteiger partial charge in [-0.15, -0.1) is 0 Å². The Morgan fingerprint density at radius 2 is 1.95 bits per heavy atom. The third kappa shape index (κ3) is 4.48. The maximum atomic E-state index is 14.6. The summed E-state index contributed by atoms with van der Waals surface area (Å²) in [6.07, 6.45) is 1.43. The molecule has 0 saturated heterocycles. The molecule has 0 spiro atoms. The standard InChI is InChI=1S/C26H21FN6O4/c1-35-21-6-5-19(27)26-18(21)10-16(13-28)33(26)8-7-29-24-11-20(30-14-31-24)15-3-4-17(22(9-15)36-2)23-12-25(34)32-37-23/h3-6,9-12,14H,7-8H2,1-2H3,(H,32,34)(H,29,30,31). The molecule has 0 unspecified atom stereocenters. The topological polar surface area (TPSA) is 131 Å². The predicted octanol–water partition coefficient (Wildman–Crippen LogP) is 4.19. The number of methoxy groups -OCH3 is 2. The van der Waals surface area contributed by atoms with E-state index in [1.807, 2.05) is 6.07 Å². The van der Waals surface area contributed by atoms with Crippen molar-refractivity contribution in [3.8, 4) is 40.1 Å². The predicted molar refractivity (Wildman–Crippen MR) is 134 cm³/mol. The van der Waals surface area contributed by atoms with Gasteiger partial charge in [-0.2, -0.15) is 10.4 Å². The van der Waals surface area contributed by atoms with Crippen molar-refractivity contribution in [1.82, 2.24) is 19.7 Å². The van der Waals surface area contributed by atoms with Crippen LogP contribution in [0.2, 0.25) is 0 Å². The van der Waals surface area contributed by atoms with E-state index in [4.69, 9.17) is 14.0 Å². The fourth-order valence-electron chi connectivity index (χ4n) is 4.19. The summed E-state index contributed by atoms with van der Waals surface area (Å²) in [7, 11) is 3.03. The largest absolute Gasteiger partial charge is 0.496 e. The van der Waals surface area contributed by atoms with E-state index in [0.717, 1.165) is 5.56 Å². The number of nitriles is 1. The average Bonchev–Trinajstić information content (AvgIpc) is 3.53. The van der Waals surface area contributed by atoms with Crippen molar-refractivity contribution in [2.24, 2.45) is 0 Å². The molecule has 0 aliphatic carbocycles. The van der Waals surface area contributed by atoms with E-state index in [9.17, 15) is 14.4 Å². The summed E-state index contributed by atoms with van der Waals surface area (Å²) < 4.78 is 32.3. The van der Waals surface area contributed by atoms with E-state index < -0.39 is 5.82 Å². The Hall–Kier alpha value is -5.11. The molecule has 0 amide bonds. The first-order valence-corrected chi connectivity index (χ1v) is 11.2. The number of hydrogen-bond acceptors (Lipinski definition) is 8. The highest BCUT2D eigenvalue weighted by Crippen LogP contribution is 2.34. The Balaban J connectivity index is 1.37. The van der Waals surface area contributed by atoms with Crippen molar-refractivity contribution >= 4 is 16.7 Å². The van der Waals surface area contributed by atoms with Crippen LogP contribution < -0.4 is 20.3 Å². The molecule has 186 valence electrons. The van der Waals surface area contributed by atoms with Gasteiger partial charge in [-0.3, -0.25) is 4.79 Å². The molecular weight excluding hydrogens is 479 g/mol. The van der Waals surface area contributed by atoms with Gasteiger partial charge < -0.3 is 23.9 Å². The fourth-order valence-corrected chi connectivity index (χ4v) is 4.19. The van der Waals surface area contributed by atoms with Crippen LogP contribution in [0.15, 0.2) is 64.2 Å². The van der Waals surface area contributed by atoms with E-state index in [0.29, 0.717) is 64.0 Å². The zero-order valence-corrected chi connectivity index (χ0v) is 19.9. The number of H-pyrrole nitrogens is 1. The van der Waals surface area contributed by atoms with Crippen LogP contribution in [0, 0.1) is 17.1 Å². The highest BCUT2D eigenvalue weighted by Gasteiger charge is 2.17. The number of rotatable bonds is 8. The molecule has 0 atom stereocenters. The van der Waals surface area contributed by atoms with E-state index >= 15 is 0 Å². The van der Waals surface area contributed by atoms with Gasteiger partial charge in [-0.25, -0.2) is 14.4 Å². The number of benzene rings is 2. The number of ether oxygens (including phenoxy) is 2. The van der Waals surface area contributed by atoms with Gasteiger partial charge in [0.05, 0.1) is 37.1 Å². The summed E-state index contributed by atoms with van der Waals surface area (Å²) in [4.78, 5) is 20.1. The van der Waals surface area contributed by atoms with Gasteiger partial charge >= 0.3 is 0 Å². The molecule has 0 fully saturated rings. The molecule has 5 rings (SSSR count). The normalized spacial score (nSPS) is 10.9. The monoisotopic (exact) mass is 500 g/mol. The first kappa shape index (κ1) is 23.6. The van der Waals surface area contributed by atoms with Crippen LogP contribution in [0.1, 0.15) is 5.69 Å². The number of aromatic nitrogens is 4. The minimum absolute atomic E-state index is 0.312. The zero-order valence-electron chi connectivity index (χ0n) is 19.9. The number of aromatic amines is 1. The molecule has 3 heterocycles. The molecule has 0 radical (unpaired) electrons. The van der Waals surface area contributed by atoms with Crippen LogP contribution in [-0.2, 0) is 6.54 Å². The SMILES string of the molecule is COc1cc(-c2cc(NCCn3c(C#N)cc4c(OC)ccc(F)c43)ncn2)ccc1-c1cc(=O)[nH]o1. The van der Waals surface area contributed by atoms with Gasteiger partial charge in [0, 0.05) is 30.1 Å². The zero-order chi connectivity index (χ0) is 25.9. The van der Waals surface area contributed by atoms with Gasteiger partial charge in [-0.05, 0) is 30.3 Å². The first-order valence-electron chi connectivity index (χ1n) is 11.2. The Morgan fingerprint density at radius 3 is 2.68 bits per heavy atom. The maximum Gasteiger partial charge on any atom is 0.280 e. The van der Waals surface area contributed by atoms with E-state index in [1.165, 1.54) is 32.7 Å². The Kier molecular flexibility index (Phi) is 6.30. The highest BCUT2D eigenvalue weighted by atomic mass is 19.1. The second-order valence-corrected chi connectivity index (χ2v) is 8.01. The van der Waals surface area contributed by atoms with Gasteiger partial charge in [0.1, 0.15) is 41.2 Å². The summed E-state index contributed by atoms with van der Waals surface area (Å²) in [5.41, 5.74) is 2.32. The lowest BCUT2D eigenvalue weighted by Gasteiger charge is -2.12. The summed E-state index contributed by atoms with van der Waals surface area (Å²) in [6.45, 7) is 0.695. The molecule has 2 N–H and O–H groups in total. The number of hydrogen-bond donors (Lipinski definition) is 2. The smallest absolute Gasteiger partial charge is 0.280 e. The van der Waals surface area contributed by atoms with Crippen LogP contribution in [0.5, 0.6) is 11.5 Å². The van der Waals surface area contributed by atoms with Crippen LogP contribution >= 0.6 is 0 Å². The van der Waals surface area contributed by atoms with Crippen molar-refractivity contribution in [3.63, 3.8) is 0 Å². The van der Waals surface area contributed by atoms with Crippen LogP contribution in [0.25, 0.3) is 33.5 Å². The lowest BCUT2D eigenvalue weighted by atomic mass is 10.1. The van der Waals surface area contributed by atoms with E-state index in [1.54, 1.807) is 34.9 Å². The third-order valence-electron chi connectivity index (χ3n) is 5.90. The van der Waals surface area contributed by atoms with Crippen LogP contribution in [0.3, 0.4) is 0 Å². The molecule has 0 aliphatic rings. The van der Waals surface area contributed by atoms with E-state index in [-0.39, 0.29) is 5.56 Å². The van der Waals surface area contributed by atoms with Gasteiger partial charge in [0.2, 0.25) is 0 Å². The number of nitrogens with zero attached hydrogens (tertiary/aromatic N) is 4. The maximum absolute atomic E-state index is 14.6. The highest BCUT2D eigenvalue weighted by molar-refractivity contribution is 5.88. The summed E-state index contributed by atoms with van der Waals surface area (Å²) in [5, 5.41) is 15.6. The van der Waals surface area contributed by atoms with Gasteiger partial charge in [0.15, 0.2) is 5.76 Å². The number of fused-ring (bicyclic) bond motifs is 1. The molecular formula is C26H21FN6O4. The molecule has 37 heavy (non-hydrogen) atoms. The third-order valence-corrected chi connectivity index (χ3v) is 5.90. The molecule has 0 saturated carbocycles. The Morgan fingerprint density at radius 1 is 1.11 bits per heavy atom. The molecule has 0 bridgehead atoms. The fraction of sp³-hybridized carbons (Fsp3) is 0.154. The molecule has 3 aromatic heterocycles. The average molecular weight is 500 g/mol. The van der Waals surface area contributed by atoms with Gasteiger partial charge in [-0.1, -0.05) is 6.07 Å².